The SMILES string of the molecule is NNc1cccnc1S(=O)(=O)Nc1cc(F)c(F)cc1F. The number of sulfonamides is 1. The molecule has 21 heavy (non-hydrogen) atoms. The Morgan fingerprint density at radius 2 is 1.71 bits per heavy atom. The first kappa shape index (κ1) is 15.1. The Morgan fingerprint density at radius 3 is 2.38 bits per heavy atom. The quantitative estimate of drug-likeness (QED) is 0.452. The summed E-state index contributed by atoms with van der Waals surface area (Å²) in [6.45, 7) is 0. The van der Waals surface area contributed by atoms with Crippen LogP contribution in [0.4, 0.5) is 24.5 Å². The van der Waals surface area contributed by atoms with Gasteiger partial charge in [0.25, 0.3) is 10.0 Å². The molecule has 0 saturated heterocycles. The zero-order chi connectivity index (χ0) is 15.6. The first-order valence-corrected chi connectivity index (χ1v) is 6.92. The van der Waals surface area contributed by atoms with Gasteiger partial charge in [-0.25, -0.2) is 18.2 Å². The second-order valence-electron chi connectivity index (χ2n) is 3.85. The number of aromatic nitrogens is 1. The molecule has 2 aromatic rings. The molecule has 112 valence electrons. The molecule has 4 N–H and O–H groups in total. The fourth-order valence-corrected chi connectivity index (χ4v) is 2.67. The van der Waals surface area contributed by atoms with E-state index in [0.717, 1.165) is 0 Å². The van der Waals surface area contributed by atoms with E-state index in [-0.39, 0.29) is 11.8 Å². The number of hydrazine groups is 1. The number of nitrogens with one attached hydrogen (secondary N) is 2. The van der Waals surface area contributed by atoms with E-state index < -0.39 is 38.2 Å². The highest BCUT2D eigenvalue weighted by molar-refractivity contribution is 7.92. The standard InChI is InChI=1S/C11H9F3N4O2S/c12-6-4-8(14)10(5-7(6)13)18-21(19,20)11-9(17-15)2-1-3-16-11/h1-5,17-18H,15H2. The number of pyridine rings is 1. The number of rotatable bonds is 4. The van der Waals surface area contributed by atoms with E-state index in [2.05, 4.69) is 10.4 Å². The van der Waals surface area contributed by atoms with Gasteiger partial charge < -0.3 is 5.43 Å². The fraction of sp³-hybridized carbons (Fsp3) is 0. The summed E-state index contributed by atoms with van der Waals surface area (Å²) in [6.07, 6.45) is 1.18. The minimum Gasteiger partial charge on any atom is -0.321 e. The van der Waals surface area contributed by atoms with Crippen LogP contribution in [0.3, 0.4) is 0 Å². The van der Waals surface area contributed by atoms with Gasteiger partial charge in [-0.05, 0) is 12.1 Å². The molecule has 0 aliphatic rings. The van der Waals surface area contributed by atoms with Crippen molar-refractivity contribution in [1.82, 2.24) is 4.98 Å². The van der Waals surface area contributed by atoms with Gasteiger partial charge in [0.2, 0.25) is 5.03 Å². The van der Waals surface area contributed by atoms with Crippen molar-refractivity contribution in [3.63, 3.8) is 0 Å². The number of anilines is 2. The molecule has 0 saturated carbocycles. The topological polar surface area (TPSA) is 97.1 Å². The van der Waals surface area contributed by atoms with Gasteiger partial charge in [0.05, 0.1) is 11.4 Å². The Hall–Kier alpha value is -2.33. The number of hydrogen-bond acceptors (Lipinski definition) is 5. The molecular formula is C11H9F3N4O2S. The molecule has 0 fully saturated rings. The molecule has 6 nitrogen and oxygen atoms in total. The Kier molecular flexibility index (Phi) is 4.00. The van der Waals surface area contributed by atoms with E-state index in [1.54, 1.807) is 4.72 Å². The van der Waals surface area contributed by atoms with Gasteiger partial charge in [0.15, 0.2) is 11.6 Å². The van der Waals surface area contributed by atoms with Crippen molar-refractivity contribution in [2.24, 2.45) is 5.84 Å². The first-order valence-electron chi connectivity index (χ1n) is 5.44. The van der Waals surface area contributed by atoms with E-state index in [4.69, 9.17) is 5.84 Å². The van der Waals surface area contributed by atoms with E-state index in [9.17, 15) is 21.6 Å². The summed E-state index contributed by atoms with van der Waals surface area (Å²) >= 11 is 0. The summed E-state index contributed by atoms with van der Waals surface area (Å²) in [5.74, 6) is 1.05. The van der Waals surface area contributed by atoms with Crippen LogP contribution in [-0.4, -0.2) is 13.4 Å². The summed E-state index contributed by atoms with van der Waals surface area (Å²) in [4.78, 5) is 3.60. The Labute approximate surface area is 117 Å². The van der Waals surface area contributed by atoms with Gasteiger partial charge in [-0.1, -0.05) is 0 Å². The Morgan fingerprint density at radius 1 is 1.05 bits per heavy atom. The molecule has 0 aliphatic heterocycles. The lowest BCUT2D eigenvalue weighted by atomic mass is 10.3. The van der Waals surface area contributed by atoms with Crippen LogP contribution in [-0.2, 0) is 10.0 Å². The fourth-order valence-electron chi connectivity index (χ4n) is 1.51. The maximum Gasteiger partial charge on any atom is 0.281 e. The third-order valence-electron chi connectivity index (χ3n) is 2.44. The molecular weight excluding hydrogens is 309 g/mol. The van der Waals surface area contributed by atoms with Crippen molar-refractivity contribution in [2.45, 2.75) is 5.03 Å². The molecule has 1 aromatic carbocycles. The summed E-state index contributed by atoms with van der Waals surface area (Å²) in [6, 6.07) is 3.37. The largest absolute Gasteiger partial charge is 0.321 e. The zero-order valence-corrected chi connectivity index (χ0v) is 11.1. The van der Waals surface area contributed by atoms with E-state index in [0.29, 0.717) is 6.07 Å². The molecule has 0 atom stereocenters. The second kappa shape index (κ2) is 5.58. The number of hydrogen-bond donors (Lipinski definition) is 3. The minimum absolute atomic E-state index is 0.0482. The number of nitrogen functional groups attached to an aromatic ring is 1. The number of nitrogens with two attached hydrogens (primary N) is 1. The van der Waals surface area contributed by atoms with Crippen molar-refractivity contribution in [2.75, 3.05) is 10.1 Å². The third-order valence-corrected chi connectivity index (χ3v) is 3.76. The van der Waals surface area contributed by atoms with Gasteiger partial charge in [0.1, 0.15) is 5.82 Å². The molecule has 1 aromatic heterocycles. The monoisotopic (exact) mass is 318 g/mol. The number of halogens is 3. The summed E-state index contributed by atoms with van der Waals surface area (Å²) in [5.41, 5.74) is 1.32. The van der Waals surface area contributed by atoms with Crippen LogP contribution in [0.5, 0.6) is 0 Å². The molecule has 0 spiro atoms. The van der Waals surface area contributed by atoms with E-state index in [1.165, 1.54) is 18.3 Å². The maximum atomic E-state index is 13.5. The zero-order valence-electron chi connectivity index (χ0n) is 10.3. The van der Waals surface area contributed by atoms with E-state index >= 15 is 0 Å². The predicted molar refractivity (Wildman–Crippen MR) is 69.2 cm³/mol. The minimum atomic E-state index is -4.34. The highest BCUT2D eigenvalue weighted by Gasteiger charge is 2.22. The van der Waals surface area contributed by atoms with Crippen LogP contribution >= 0.6 is 0 Å². The molecule has 0 amide bonds. The third kappa shape index (κ3) is 3.06. The summed E-state index contributed by atoms with van der Waals surface area (Å²) in [5, 5.41) is -0.517. The maximum absolute atomic E-state index is 13.5. The van der Waals surface area contributed by atoms with Crippen molar-refractivity contribution in [3.8, 4) is 0 Å². The van der Waals surface area contributed by atoms with Gasteiger partial charge in [0, 0.05) is 18.3 Å². The van der Waals surface area contributed by atoms with Crippen LogP contribution in [0.25, 0.3) is 0 Å². The van der Waals surface area contributed by atoms with Crippen LogP contribution in [0.15, 0.2) is 35.5 Å². The van der Waals surface area contributed by atoms with Gasteiger partial charge >= 0.3 is 0 Å². The van der Waals surface area contributed by atoms with Gasteiger partial charge in [-0.3, -0.25) is 10.6 Å². The lowest BCUT2D eigenvalue weighted by Crippen LogP contribution is -2.19. The lowest BCUT2D eigenvalue weighted by Gasteiger charge is -2.11. The average Bonchev–Trinajstić information content (AvgIpc) is 2.44. The summed E-state index contributed by atoms with van der Waals surface area (Å²) < 4.78 is 65.3. The predicted octanol–water partition coefficient (Wildman–Crippen LogP) is 1.59. The normalized spacial score (nSPS) is 11.2. The summed E-state index contributed by atoms with van der Waals surface area (Å²) in [7, 11) is -4.34. The van der Waals surface area contributed by atoms with Gasteiger partial charge in [-0.15, -0.1) is 0 Å². The van der Waals surface area contributed by atoms with Gasteiger partial charge in [-0.2, -0.15) is 8.42 Å². The molecule has 2 rings (SSSR count). The van der Waals surface area contributed by atoms with Crippen LogP contribution in [0.2, 0.25) is 0 Å². The van der Waals surface area contributed by atoms with Crippen LogP contribution < -0.4 is 16.0 Å². The lowest BCUT2D eigenvalue weighted by molar-refractivity contribution is 0.496. The molecule has 0 unspecified atom stereocenters. The first-order chi connectivity index (χ1) is 9.85. The highest BCUT2D eigenvalue weighted by atomic mass is 32.2. The number of nitrogens with zero attached hydrogens (tertiary/aromatic N) is 1. The van der Waals surface area contributed by atoms with E-state index in [1.807, 2.05) is 0 Å². The Balaban J connectivity index is 2.45. The molecule has 0 aliphatic carbocycles. The molecule has 0 radical (unpaired) electrons. The van der Waals surface area contributed by atoms with Crippen molar-refractivity contribution >= 4 is 21.4 Å². The molecule has 1 heterocycles. The van der Waals surface area contributed by atoms with Crippen LogP contribution in [0, 0.1) is 17.5 Å². The average molecular weight is 318 g/mol. The molecule has 0 bridgehead atoms. The van der Waals surface area contributed by atoms with Crippen molar-refractivity contribution in [3.05, 3.63) is 47.9 Å². The Bertz CT molecular complexity index is 783. The smallest absolute Gasteiger partial charge is 0.281 e. The second-order valence-corrected chi connectivity index (χ2v) is 5.45. The highest BCUT2D eigenvalue weighted by Crippen LogP contribution is 2.24. The van der Waals surface area contributed by atoms with Crippen molar-refractivity contribution in [1.29, 1.82) is 0 Å². The molecule has 10 heteroatoms. The van der Waals surface area contributed by atoms with Crippen molar-refractivity contribution < 1.29 is 21.6 Å². The van der Waals surface area contributed by atoms with Crippen LogP contribution in [0.1, 0.15) is 0 Å². The number of benzene rings is 1.